The van der Waals surface area contributed by atoms with Gasteiger partial charge in [-0.15, -0.1) is 0 Å². The van der Waals surface area contributed by atoms with E-state index in [0.717, 1.165) is 0 Å². The van der Waals surface area contributed by atoms with Crippen LogP contribution in [0.5, 0.6) is 0 Å². The van der Waals surface area contributed by atoms with E-state index in [2.05, 4.69) is 4.98 Å². The monoisotopic (exact) mass is 316 g/mol. The fourth-order valence-electron chi connectivity index (χ4n) is 1.65. The standard InChI is InChI=1S/C12H14NO7P/c14-10(15)5-4-8(11(16)17)7-21(19,20)12(18)9-3-1-2-6-13-9/h1-3,6,8,19-20H,4-5,7H2,(H-,14,15,16,17)/p+1. The number of aromatic nitrogens is 1. The highest BCUT2D eigenvalue weighted by Crippen LogP contribution is 2.54. The Morgan fingerprint density at radius 1 is 1.19 bits per heavy atom. The van der Waals surface area contributed by atoms with Crippen LogP contribution < -0.4 is 0 Å². The van der Waals surface area contributed by atoms with Crippen molar-refractivity contribution in [3.05, 3.63) is 30.1 Å². The average molecular weight is 316 g/mol. The predicted molar refractivity (Wildman–Crippen MR) is 72.8 cm³/mol. The first-order valence-corrected chi connectivity index (χ1v) is 7.86. The minimum atomic E-state index is -4.20. The molecule has 0 fully saturated rings. The lowest BCUT2D eigenvalue weighted by Crippen LogP contribution is -2.24. The van der Waals surface area contributed by atoms with E-state index in [0.29, 0.717) is 0 Å². The summed E-state index contributed by atoms with van der Waals surface area (Å²) in [5, 5.41) is 17.5. The summed E-state index contributed by atoms with van der Waals surface area (Å²) in [5.74, 6) is -3.90. The van der Waals surface area contributed by atoms with Crippen molar-refractivity contribution in [1.29, 1.82) is 0 Å². The summed E-state index contributed by atoms with van der Waals surface area (Å²) >= 11 is 0. The van der Waals surface area contributed by atoms with Gasteiger partial charge in [-0.25, -0.2) is 19.6 Å². The number of pyridine rings is 1. The van der Waals surface area contributed by atoms with Gasteiger partial charge in [0.1, 0.15) is 6.16 Å². The summed E-state index contributed by atoms with van der Waals surface area (Å²) in [6.07, 6.45) is -0.130. The van der Waals surface area contributed by atoms with Crippen LogP contribution in [-0.4, -0.2) is 48.6 Å². The van der Waals surface area contributed by atoms with E-state index in [1.807, 2.05) is 0 Å². The summed E-state index contributed by atoms with van der Waals surface area (Å²) in [6.45, 7) is 0. The second kappa shape index (κ2) is 7.21. The zero-order valence-electron chi connectivity index (χ0n) is 10.9. The molecule has 0 radical (unpaired) electrons. The third-order valence-electron chi connectivity index (χ3n) is 2.74. The van der Waals surface area contributed by atoms with Crippen molar-refractivity contribution in [2.24, 2.45) is 5.92 Å². The summed E-state index contributed by atoms with van der Waals surface area (Å²) < 4.78 is 0. The van der Waals surface area contributed by atoms with Crippen LogP contribution in [0.3, 0.4) is 0 Å². The topological polar surface area (TPSA) is 145 Å². The van der Waals surface area contributed by atoms with E-state index in [-0.39, 0.29) is 12.1 Å². The molecule has 0 amide bonds. The minimum Gasteiger partial charge on any atom is -0.481 e. The Morgan fingerprint density at radius 2 is 1.86 bits per heavy atom. The van der Waals surface area contributed by atoms with E-state index in [1.54, 1.807) is 6.07 Å². The van der Waals surface area contributed by atoms with Crippen LogP contribution in [-0.2, 0) is 9.59 Å². The van der Waals surface area contributed by atoms with E-state index in [9.17, 15) is 24.2 Å². The fourth-order valence-corrected chi connectivity index (χ4v) is 3.27. The van der Waals surface area contributed by atoms with Crippen LogP contribution in [0.25, 0.3) is 0 Å². The van der Waals surface area contributed by atoms with Gasteiger partial charge in [0, 0.05) is 12.6 Å². The zero-order valence-corrected chi connectivity index (χ0v) is 11.8. The van der Waals surface area contributed by atoms with Crippen molar-refractivity contribution < 1.29 is 34.4 Å². The van der Waals surface area contributed by atoms with Crippen molar-refractivity contribution >= 4 is 25.2 Å². The van der Waals surface area contributed by atoms with Gasteiger partial charge >= 0.3 is 25.2 Å². The molecule has 0 aliphatic heterocycles. The zero-order chi connectivity index (χ0) is 16.0. The Bertz CT molecular complexity index is 532. The molecule has 0 saturated carbocycles. The minimum absolute atomic E-state index is 0.168. The predicted octanol–water partition coefficient (Wildman–Crippen LogP) is 0.620. The number of hydrogen-bond donors (Lipinski definition) is 4. The first-order valence-electron chi connectivity index (χ1n) is 5.98. The van der Waals surface area contributed by atoms with Crippen molar-refractivity contribution in [1.82, 2.24) is 4.98 Å². The van der Waals surface area contributed by atoms with Gasteiger partial charge in [0.25, 0.3) is 0 Å². The quantitative estimate of drug-likeness (QED) is 0.511. The number of carbonyl (C=O) groups excluding carboxylic acids is 1. The van der Waals surface area contributed by atoms with Gasteiger partial charge in [-0.05, 0) is 18.6 Å². The first-order chi connectivity index (χ1) is 9.74. The third-order valence-corrected chi connectivity index (χ3v) is 4.57. The molecule has 9 heteroatoms. The molecule has 4 N–H and O–H groups in total. The highest BCUT2D eigenvalue weighted by atomic mass is 31.2. The van der Waals surface area contributed by atoms with Gasteiger partial charge in [0.2, 0.25) is 0 Å². The SMILES string of the molecule is O=C(O)CCC(C[P+](O)(O)C(=O)c1ccccn1)C(=O)O. The maximum Gasteiger partial charge on any atom is 0.374 e. The number of carbonyl (C=O) groups is 3. The number of carboxylic acid groups (broad SMARTS) is 2. The average Bonchev–Trinajstić information content (AvgIpc) is 2.43. The summed E-state index contributed by atoms with van der Waals surface area (Å²) in [7, 11) is -4.20. The molecule has 21 heavy (non-hydrogen) atoms. The molecule has 0 spiro atoms. The Morgan fingerprint density at radius 3 is 2.33 bits per heavy atom. The van der Waals surface area contributed by atoms with Gasteiger partial charge in [0.15, 0.2) is 5.69 Å². The Kier molecular flexibility index (Phi) is 5.90. The van der Waals surface area contributed by atoms with Gasteiger partial charge in [-0.1, -0.05) is 6.07 Å². The molecule has 0 bridgehead atoms. The van der Waals surface area contributed by atoms with Gasteiger partial charge in [-0.3, -0.25) is 9.59 Å². The molecule has 1 atom stereocenters. The highest BCUT2D eigenvalue weighted by Gasteiger charge is 2.49. The molecule has 1 aromatic heterocycles. The molecule has 0 aliphatic carbocycles. The molecule has 114 valence electrons. The lowest BCUT2D eigenvalue weighted by atomic mass is 10.1. The lowest BCUT2D eigenvalue weighted by Gasteiger charge is -2.15. The van der Waals surface area contributed by atoms with Crippen LogP contribution in [0.15, 0.2) is 24.4 Å². The molecule has 0 aliphatic rings. The Hall–Kier alpha value is -1.89. The largest absolute Gasteiger partial charge is 0.481 e. The van der Waals surface area contributed by atoms with E-state index < -0.39 is 43.7 Å². The number of nitrogens with zero attached hydrogens (tertiary/aromatic N) is 1. The molecular weight excluding hydrogens is 301 g/mol. The maximum absolute atomic E-state index is 11.9. The summed E-state index contributed by atoms with van der Waals surface area (Å²) in [6, 6.07) is 4.31. The van der Waals surface area contributed by atoms with Crippen LogP contribution in [0.4, 0.5) is 0 Å². The van der Waals surface area contributed by atoms with Gasteiger partial charge < -0.3 is 10.2 Å². The van der Waals surface area contributed by atoms with Crippen LogP contribution >= 0.6 is 7.72 Å². The third kappa shape index (κ3) is 5.18. The smallest absolute Gasteiger partial charge is 0.374 e. The summed E-state index contributed by atoms with van der Waals surface area (Å²) in [5.41, 5.74) is -1.19. The summed E-state index contributed by atoms with van der Waals surface area (Å²) in [4.78, 5) is 56.9. The molecule has 0 aromatic carbocycles. The number of aliphatic carboxylic acids is 2. The second-order valence-electron chi connectivity index (χ2n) is 4.40. The molecule has 1 heterocycles. The normalized spacial score (nSPS) is 12.7. The van der Waals surface area contributed by atoms with Crippen molar-refractivity contribution in [3.63, 3.8) is 0 Å². The van der Waals surface area contributed by atoms with Crippen molar-refractivity contribution in [2.75, 3.05) is 6.16 Å². The molecule has 1 rings (SSSR count). The molecule has 1 aromatic rings. The second-order valence-corrected chi connectivity index (χ2v) is 6.63. The van der Waals surface area contributed by atoms with Crippen LogP contribution in [0.2, 0.25) is 0 Å². The van der Waals surface area contributed by atoms with E-state index >= 15 is 0 Å². The van der Waals surface area contributed by atoms with Crippen LogP contribution in [0, 0.1) is 5.92 Å². The first kappa shape index (κ1) is 17.2. The molecule has 0 saturated heterocycles. The maximum atomic E-state index is 11.9. The van der Waals surface area contributed by atoms with Crippen LogP contribution in [0.1, 0.15) is 23.3 Å². The number of hydrogen-bond acceptors (Lipinski definition) is 6. The van der Waals surface area contributed by atoms with E-state index in [4.69, 9.17) is 10.2 Å². The Balaban J connectivity index is 2.83. The highest BCUT2D eigenvalue weighted by molar-refractivity contribution is 7.81. The van der Waals surface area contributed by atoms with E-state index in [1.165, 1.54) is 18.3 Å². The van der Waals surface area contributed by atoms with Gasteiger partial charge in [-0.2, -0.15) is 0 Å². The van der Waals surface area contributed by atoms with Crippen molar-refractivity contribution in [2.45, 2.75) is 12.8 Å². The molecule has 8 nitrogen and oxygen atoms in total. The fraction of sp³-hybridized carbons (Fsp3) is 0.333. The molecule has 1 unspecified atom stereocenters. The lowest BCUT2D eigenvalue weighted by molar-refractivity contribution is -0.142. The molecular formula is C12H15NO7P+. The van der Waals surface area contributed by atoms with Crippen molar-refractivity contribution in [3.8, 4) is 0 Å². The number of rotatable bonds is 8. The van der Waals surface area contributed by atoms with Gasteiger partial charge in [0.05, 0.1) is 5.92 Å². The Labute approximate surface area is 120 Å². The number of carboxylic acids is 2.